The minimum atomic E-state index is -3.57. The molecular weight excluding hydrogens is 436 g/mol. The number of carbonyl (C=O) groups excluding carboxylic acids is 1. The Morgan fingerprint density at radius 3 is 2.65 bits per heavy atom. The molecule has 2 aromatic rings. The molecule has 2 aliphatic heterocycles. The predicted octanol–water partition coefficient (Wildman–Crippen LogP) is 4.14. The SMILES string of the molecule is Cc1ccc(S(=O)(=O)N2CCCC(C(=O)Nc3ccc4c(c3)OC3(CCCC3)O4)C2)s1. The van der Waals surface area contributed by atoms with Gasteiger partial charge < -0.3 is 14.8 Å². The first-order valence-electron chi connectivity index (χ1n) is 10.7. The van der Waals surface area contributed by atoms with E-state index in [-0.39, 0.29) is 12.5 Å². The zero-order valence-corrected chi connectivity index (χ0v) is 19.1. The first-order valence-corrected chi connectivity index (χ1v) is 13.0. The van der Waals surface area contributed by atoms with Crippen LogP contribution in [0.15, 0.2) is 34.5 Å². The number of rotatable bonds is 4. The van der Waals surface area contributed by atoms with Gasteiger partial charge in [0.25, 0.3) is 15.8 Å². The number of nitrogens with one attached hydrogen (secondary N) is 1. The van der Waals surface area contributed by atoms with E-state index in [0.29, 0.717) is 40.8 Å². The van der Waals surface area contributed by atoms with E-state index in [4.69, 9.17) is 9.47 Å². The van der Waals surface area contributed by atoms with Crippen molar-refractivity contribution in [3.05, 3.63) is 35.2 Å². The lowest BCUT2D eigenvalue weighted by atomic mass is 9.98. The Bertz CT molecular complexity index is 1100. The number of hydrogen-bond donors (Lipinski definition) is 1. The van der Waals surface area contributed by atoms with E-state index in [9.17, 15) is 13.2 Å². The van der Waals surface area contributed by atoms with Gasteiger partial charge in [0.2, 0.25) is 5.91 Å². The lowest BCUT2D eigenvalue weighted by molar-refractivity contribution is -0.120. The summed E-state index contributed by atoms with van der Waals surface area (Å²) in [6, 6.07) is 8.88. The monoisotopic (exact) mass is 462 g/mol. The minimum Gasteiger partial charge on any atom is -0.448 e. The quantitative estimate of drug-likeness (QED) is 0.738. The van der Waals surface area contributed by atoms with Gasteiger partial charge >= 0.3 is 0 Å². The Morgan fingerprint density at radius 2 is 1.90 bits per heavy atom. The van der Waals surface area contributed by atoms with Crippen LogP contribution in [0.2, 0.25) is 0 Å². The number of ether oxygens (including phenoxy) is 2. The lowest BCUT2D eigenvalue weighted by Gasteiger charge is -2.30. The molecule has 0 bridgehead atoms. The summed E-state index contributed by atoms with van der Waals surface area (Å²) >= 11 is 1.26. The third-order valence-corrected chi connectivity index (χ3v) is 9.57. The zero-order valence-electron chi connectivity index (χ0n) is 17.4. The average molecular weight is 463 g/mol. The first-order chi connectivity index (χ1) is 14.8. The van der Waals surface area contributed by atoms with Crippen LogP contribution in [0.3, 0.4) is 0 Å². The van der Waals surface area contributed by atoms with Crippen molar-refractivity contribution < 1.29 is 22.7 Å². The van der Waals surface area contributed by atoms with Crippen molar-refractivity contribution in [2.45, 2.75) is 55.4 Å². The van der Waals surface area contributed by atoms with Crippen LogP contribution in [-0.4, -0.2) is 37.5 Å². The van der Waals surface area contributed by atoms with Crippen molar-refractivity contribution in [1.82, 2.24) is 4.31 Å². The summed E-state index contributed by atoms with van der Waals surface area (Å²) in [6.45, 7) is 2.52. The van der Waals surface area contributed by atoms with Gasteiger partial charge in [-0.05, 0) is 56.9 Å². The van der Waals surface area contributed by atoms with Crippen LogP contribution in [0.25, 0.3) is 0 Å². The average Bonchev–Trinajstić information content (AvgIpc) is 3.48. The summed E-state index contributed by atoms with van der Waals surface area (Å²) in [4.78, 5) is 13.9. The summed E-state index contributed by atoms with van der Waals surface area (Å²) in [7, 11) is -3.57. The normalized spacial score (nSPS) is 22.7. The largest absolute Gasteiger partial charge is 0.448 e. The van der Waals surface area contributed by atoms with Crippen LogP contribution in [0, 0.1) is 12.8 Å². The number of benzene rings is 1. The van der Waals surface area contributed by atoms with Crippen LogP contribution >= 0.6 is 11.3 Å². The molecule has 3 aliphatic rings. The lowest BCUT2D eigenvalue weighted by Crippen LogP contribution is -2.43. The van der Waals surface area contributed by atoms with Crippen molar-refractivity contribution >= 4 is 33.0 Å². The van der Waals surface area contributed by atoms with E-state index < -0.39 is 21.7 Å². The number of thiophene rings is 1. The molecule has 1 aliphatic carbocycles. The van der Waals surface area contributed by atoms with Crippen molar-refractivity contribution in [2.24, 2.45) is 5.92 Å². The van der Waals surface area contributed by atoms with Gasteiger partial charge in [-0.15, -0.1) is 11.3 Å². The van der Waals surface area contributed by atoms with Crippen LogP contribution < -0.4 is 14.8 Å². The summed E-state index contributed by atoms with van der Waals surface area (Å²) < 4.78 is 39.8. The Balaban J connectivity index is 1.26. The number of carbonyl (C=O) groups is 1. The topological polar surface area (TPSA) is 84.9 Å². The second kappa shape index (κ2) is 7.79. The third kappa shape index (κ3) is 3.94. The highest BCUT2D eigenvalue weighted by Gasteiger charge is 2.44. The van der Waals surface area contributed by atoms with Crippen LogP contribution in [0.1, 0.15) is 43.4 Å². The highest BCUT2D eigenvalue weighted by atomic mass is 32.2. The molecule has 9 heteroatoms. The van der Waals surface area contributed by atoms with E-state index in [0.717, 1.165) is 30.6 Å². The summed E-state index contributed by atoms with van der Waals surface area (Å²) in [5, 5.41) is 2.94. The molecular formula is C22H26N2O5S2. The molecule has 1 unspecified atom stereocenters. The summed E-state index contributed by atoms with van der Waals surface area (Å²) in [6.07, 6.45) is 5.24. The highest BCUT2D eigenvalue weighted by molar-refractivity contribution is 7.91. The van der Waals surface area contributed by atoms with Gasteiger partial charge in [0.1, 0.15) is 4.21 Å². The van der Waals surface area contributed by atoms with Gasteiger partial charge in [-0.25, -0.2) is 8.42 Å². The fraction of sp³-hybridized carbons (Fsp3) is 0.500. The van der Waals surface area contributed by atoms with Gasteiger partial charge in [0.05, 0.1) is 5.92 Å². The molecule has 1 saturated carbocycles. The molecule has 1 aromatic carbocycles. The maximum absolute atomic E-state index is 13.0. The molecule has 1 atom stereocenters. The number of anilines is 1. The molecule has 1 aromatic heterocycles. The molecule has 3 heterocycles. The summed E-state index contributed by atoms with van der Waals surface area (Å²) in [5.41, 5.74) is 0.635. The van der Waals surface area contributed by atoms with Crippen LogP contribution in [0.4, 0.5) is 5.69 Å². The van der Waals surface area contributed by atoms with Gasteiger partial charge in [-0.3, -0.25) is 4.79 Å². The van der Waals surface area contributed by atoms with Crippen molar-refractivity contribution in [3.8, 4) is 11.5 Å². The number of piperidine rings is 1. The van der Waals surface area contributed by atoms with Gasteiger partial charge in [-0.1, -0.05) is 0 Å². The standard InChI is InChI=1S/C22H26N2O5S2/c1-15-6-9-20(30-15)31(26,27)24-12-4-5-16(14-24)21(25)23-17-7-8-18-19(13-17)29-22(28-18)10-2-3-11-22/h6-9,13,16H,2-5,10-12,14H2,1H3,(H,23,25). The highest BCUT2D eigenvalue weighted by Crippen LogP contribution is 2.47. The summed E-state index contributed by atoms with van der Waals surface area (Å²) in [5.74, 6) is 0.262. The molecule has 7 nitrogen and oxygen atoms in total. The number of fused-ring (bicyclic) bond motifs is 1. The molecule has 1 spiro atoms. The van der Waals surface area contributed by atoms with E-state index in [1.807, 2.05) is 13.0 Å². The number of nitrogens with zero attached hydrogens (tertiary/aromatic N) is 1. The van der Waals surface area contributed by atoms with Gasteiger partial charge in [0.15, 0.2) is 11.5 Å². The number of aryl methyl sites for hydroxylation is 1. The van der Waals surface area contributed by atoms with Crippen LogP contribution in [-0.2, 0) is 14.8 Å². The second-order valence-electron chi connectivity index (χ2n) is 8.54. The second-order valence-corrected chi connectivity index (χ2v) is 12.0. The minimum absolute atomic E-state index is 0.170. The van der Waals surface area contributed by atoms with Crippen molar-refractivity contribution in [3.63, 3.8) is 0 Å². The molecule has 1 saturated heterocycles. The maximum atomic E-state index is 13.0. The molecule has 2 fully saturated rings. The molecule has 166 valence electrons. The maximum Gasteiger partial charge on any atom is 0.252 e. The van der Waals surface area contributed by atoms with E-state index in [1.165, 1.54) is 15.6 Å². The number of sulfonamides is 1. The predicted molar refractivity (Wildman–Crippen MR) is 118 cm³/mol. The third-order valence-electron chi connectivity index (χ3n) is 6.23. The Labute approximate surface area is 186 Å². The Morgan fingerprint density at radius 1 is 1.13 bits per heavy atom. The molecule has 5 rings (SSSR count). The molecule has 0 radical (unpaired) electrons. The fourth-order valence-corrected chi connectivity index (χ4v) is 7.55. The van der Waals surface area contributed by atoms with Crippen LogP contribution in [0.5, 0.6) is 11.5 Å². The number of amides is 1. The number of hydrogen-bond acceptors (Lipinski definition) is 6. The first kappa shape index (κ1) is 20.8. The smallest absolute Gasteiger partial charge is 0.252 e. The van der Waals surface area contributed by atoms with Crippen molar-refractivity contribution in [1.29, 1.82) is 0 Å². The van der Waals surface area contributed by atoms with E-state index >= 15 is 0 Å². The molecule has 1 N–H and O–H groups in total. The Hall–Kier alpha value is -2.10. The zero-order chi connectivity index (χ0) is 21.6. The van der Waals surface area contributed by atoms with E-state index in [1.54, 1.807) is 24.3 Å². The molecule has 1 amide bonds. The van der Waals surface area contributed by atoms with Crippen molar-refractivity contribution in [2.75, 3.05) is 18.4 Å². The van der Waals surface area contributed by atoms with E-state index in [2.05, 4.69) is 5.32 Å². The van der Waals surface area contributed by atoms with Gasteiger partial charge in [-0.2, -0.15) is 4.31 Å². The fourth-order valence-electron chi connectivity index (χ4n) is 4.59. The Kier molecular flexibility index (Phi) is 5.22. The molecule has 31 heavy (non-hydrogen) atoms. The van der Waals surface area contributed by atoms with Gasteiger partial charge in [0, 0.05) is 42.6 Å².